The van der Waals surface area contributed by atoms with Crippen LogP contribution in [0.2, 0.25) is 0 Å². The summed E-state index contributed by atoms with van der Waals surface area (Å²) in [5.41, 5.74) is 2.06. The zero-order valence-corrected chi connectivity index (χ0v) is 18.4. The van der Waals surface area contributed by atoms with Crippen molar-refractivity contribution < 1.29 is 19.0 Å². The van der Waals surface area contributed by atoms with Gasteiger partial charge in [-0.25, -0.2) is 4.79 Å². The third kappa shape index (κ3) is 4.98. The van der Waals surface area contributed by atoms with Crippen molar-refractivity contribution in [1.82, 2.24) is 10.6 Å². The van der Waals surface area contributed by atoms with Crippen molar-refractivity contribution in [3.63, 3.8) is 0 Å². The van der Waals surface area contributed by atoms with Gasteiger partial charge in [0, 0.05) is 36.8 Å². The number of methoxy groups -OCH3 is 1. The molecule has 2 amide bonds. The normalized spacial score (nSPS) is 16.2. The maximum absolute atomic E-state index is 12.5. The summed E-state index contributed by atoms with van der Waals surface area (Å²) in [7, 11) is 1.67. The maximum Gasteiger partial charge on any atom is 0.315 e. The molecule has 2 N–H and O–H groups in total. The Hall–Kier alpha value is -3.09. The standard InChI is InChI=1S/C24H31N3O4/c1-24(2,17-4-9-21-22(14-17)31-16-30-21)15-25-23(28)26-18-10-12-27(13-11-18)19-5-7-20(29-3)8-6-19/h4-9,14,18H,10-13,15-16H2,1-3H3,(H2,25,26,28). The first-order valence-corrected chi connectivity index (χ1v) is 10.8. The molecule has 4 rings (SSSR count). The smallest absolute Gasteiger partial charge is 0.315 e. The Kier molecular flexibility index (Phi) is 6.11. The van der Waals surface area contributed by atoms with Gasteiger partial charge in [0.05, 0.1) is 7.11 Å². The van der Waals surface area contributed by atoms with Crippen molar-refractivity contribution >= 4 is 11.7 Å². The van der Waals surface area contributed by atoms with Gasteiger partial charge in [-0.05, 0) is 54.8 Å². The molecule has 0 aromatic heterocycles. The number of carbonyl (C=O) groups is 1. The molecule has 0 saturated carbocycles. The molecule has 0 spiro atoms. The van der Waals surface area contributed by atoms with Gasteiger partial charge in [-0.3, -0.25) is 0 Å². The molecular formula is C24H31N3O4. The van der Waals surface area contributed by atoms with Gasteiger partial charge in [0.15, 0.2) is 11.5 Å². The Morgan fingerprint density at radius 2 is 1.81 bits per heavy atom. The van der Waals surface area contributed by atoms with Gasteiger partial charge in [0.2, 0.25) is 6.79 Å². The van der Waals surface area contributed by atoms with Gasteiger partial charge in [0.1, 0.15) is 5.75 Å². The molecule has 2 heterocycles. The third-order valence-electron chi connectivity index (χ3n) is 6.11. The predicted molar refractivity (Wildman–Crippen MR) is 120 cm³/mol. The van der Waals surface area contributed by atoms with Crippen LogP contribution in [-0.4, -0.2) is 45.6 Å². The Labute approximate surface area is 183 Å². The number of benzene rings is 2. The number of anilines is 1. The minimum Gasteiger partial charge on any atom is -0.497 e. The summed E-state index contributed by atoms with van der Waals surface area (Å²) in [6.45, 7) is 6.84. The topological polar surface area (TPSA) is 72.1 Å². The van der Waals surface area contributed by atoms with Crippen LogP contribution in [0, 0.1) is 0 Å². The summed E-state index contributed by atoms with van der Waals surface area (Å²) >= 11 is 0. The molecular weight excluding hydrogens is 394 g/mol. The lowest BCUT2D eigenvalue weighted by Crippen LogP contribution is -2.49. The van der Waals surface area contributed by atoms with E-state index in [-0.39, 0.29) is 24.3 Å². The quantitative estimate of drug-likeness (QED) is 0.739. The molecule has 1 saturated heterocycles. The van der Waals surface area contributed by atoms with Gasteiger partial charge in [-0.2, -0.15) is 0 Å². The molecule has 0 radical (unpaired) electrons. The van der Waals surface area contributed by atoms with Crippen LogP contribution in [0.25, 0.3) is 0 Å². The summed E-state index contributed by atoms with van der Waals surface area (Å²) in [4.78, 5) is 14.8. The number of nitrogens with zero attached hydrogens (tertiary/aromatic N) is 1. The van der Waals surface area contributed by atoms with E-state index >= 15 is 0 Å². The van der Waals surface area contributed by atoms with Gasteiger partial charge >= 0.3 is 6.03 Å². The van der Waals surface area contributed by atoms with Crippen molar-refractivity contribution in [2.24, 2.45) is 0 Å². The number of urea groups is 1. The number of ether oxygens (including phenoxy) is 3. The van der Waals surface area contributed by atoms with Crippen LogP contribution in [0.3, 0.4) is 0 Å². The summed E-state index contributed by atoms with van der Waals surface area (Å²) in [5, 5.41) is 6.18. The van der Waals surface area contributed by atoms with Crippen LogP contribution in [0.4, 0.5) is 10.5 Å². The average molecular weight is 426 g/mol. The molecule has 0 aliphatic carbocycles. The fourth-order valence-corrected chi connectivity index (χ4v) is 4.03. The van der Waals surface area contributed by atoms with Crippen molar-refractivity contribution in [2.75, 3.05) is 38.4 Å². The second-order valence-electron chi connectivity index (χ2n) is 8.74. The van der Waals surface area contributed by atoms with E-state index in [9.17, 15) is 4.79 Å². The lowest BCUT2D eigenvalue weighted by molar-refractivity contribution is 0.174. The average Bonchev–Trinajstić information content (AvgIpc) is 3.26. The van der Waals surface area contributed by atoms with E-state index < -0.39 is 0 Å². The van der Waals surface area contributed by atoms with Crippen LogP contribution in [0.1, 0.15) is 32.3 Å². The maximum atomic E-state index is 12.5. The number of nitrogens with one attached hydrogen (secondary N) is 2. The molecule has 0 atom stereocenters. The van der Waals surface area contributed by atoms with Crippen LogP contribution in [0.15, 0.2) is 42.5 Å². The highest BCUT2D eigenvalue weighted by Gasteiger charge is 2.26. The van der Waals surface area contributed by atoms with Gasteiger partial charge < -0.3 is 29.7 Å². The number of piperidine rings is 1. The predicted octanol–water partition coefficient (Wildman–Crippen LogP) is 3.67. The fourth-order valence-electron chi connectivity index (χ4n) is 4.03. The molecule has 7 nitrogen and oxygen atoms in total. The first-order chi connectivity index (χ1) is 14.9. The Morgan fingerprint density at radius 1 is 1.10 bits per heavy atom. The first-order valence-electron chi connectivity index (χ1n) is 10.8. The highest BCUT2D eigenvalue weighted by molar-refractivity contribution is 5.74. The molecule has 2 aliphatic rings. The lowest BCUT2D eigenvalue weighted by Gasteiger charge is -2.34. The summed E-state index contributed by atoms with van der Waals surface area (Å²) in [6, 6.07) is 14.1. The highest BCUT2D eigenvalue weighted by atomic mass is 16.7. The van der Waals surface area contributed by atoms with Crippen molar-refractivity contribution in [3.8, 4) is 17.2 Å². The molecule has 0 bridgehead atoms. The molecule has 0 unspecified atom stereocenters. The number of fused-ring (bicyclic) bond motifs is 1. The first kappa shape index (κ1) is 21.2. The minimum atomic E-state index is -0.226. The monoisotopic (exact) mass is 425 g/mol. The zero-order valence-electron chi connectivity index (χ0n) is 18.4. The summed E-state index contributed by atoms with van der Waals surface area (Å²) in [5.74, 6) is 2.39. The van der Waals surface area contributed by atoms with Crippen LogP contribution >= 0.6 is 0 Å². The van der Waals surface area contributed by atoms with E-state index in [4.69, 9.17) is 14.2 Å². The van der Waals surface area contributed by atoms with Crippen molar-refractivity contribution in [1.29, 1.82) is 0 Å². The second kappa shape index (κ2) is 8.96. The van der Waals surface area contributed by atoms with Gasteiger partial charge in [-0.15, -0.1) is 0 Å². The number of rotatable bonds is 6. The lowest BCUT2D eigenvalue weighted by atomic mass is 9.84. The second-order valence-corrected chi connectivity index (χ2v) is 8.74. The fraction of sp³-hybridized carbons (Fsp3) is 0.458. The number of hydrogen-bond donors (Lipinski definition) is 2. The van der Waals surface area contributed by atoms with Gasteiger partial charge in [0.25, 0.3) is 0 Å². The minimum absolute atomic E-state index is 0.114. The number of carbonyl (C=O) groups excluding carboxylic acids is 1. The van der Waals surface area contributed by atoms with E-state index in [0.717, 1.165) is 48.7 Å². The van der Waals surface area contributed by atoms with E-state index in [2.05, 4.69) is 41.5 Å². The molecule has 7 heteroatoms. The van der Waals surface area contributed by atoms with Gasteiger partial charge in [-0.1, -0.05) is 19.9 Å². The number of hydrogen-bond acceptors (Lipinski definition) is 5. The largest absolute Gasteiger partial charge is 0.497 e. The molecule has 2 aromatic rings. The SMILES string of the molecule is COc1ccc(N2CCC(NC(=O)NCC(C)(C)c3ccc4c(c3)OCO4)CC2)cc1. The molecule has 166 valence electrons. The Bertz CT molecular complexity index is 906. The van der Waals surface area contributed by atoms with Crippen molar-refractivity contribution in [3.05, 3.63) is 48.0 Å². The van der Waals surface area contributed by atoms with E-state index in [0.29, 0.717) is 6.54 Å². The Balaban J connectivity index is 1.24. The third-order valence-corrected chi connectivity index (χ3v) is 6.11. The summed E-state index contributed by atoms with van der Waals surface area (Å²) in [6.07, 6.45) is 1.84. The van der Waals surface area contributed by atoms with Crippen LogP contribution in [0.5, 0.6) is 17.2 Å². The molecule has 2 aromatic carbocycles. The van der Waals surface area contributed by atoms with E-state index in [1.807, 2.05) is 30.3 Å². The molecule has 31 heavy (non-hydrogen) atoms. The van der Waals surface area contributed by atoms with Crippen molar-refractivity contribution in [2.45, 2.75) is 38.1 Å². The zero-order chi connectivity index (χ0) is 21.8. The Morgan fingerprint density at radius 3 is 2.52 bits per heavy atom. The molecule has 1 fully saturated rings. The van der Waals surface area contributed by atoms with Crippen LogP contribution in [-0.2, 0) is 5.41 Å². The summed E-state index contributed by atoms with van der Waals surface area (Å²) < 4.78 is 16.1. The number of amides is 2. The van der Waals surface area contributed by atoms with Crippen LogP contribution < -0.4 is 29.7 Å². The van der Waals surface area contributed by atoms with E-state index in [1.54, 1.807) is 7.11 Å². The highest BCUT2D eigenvalue weighted by Crippen LogP contribution is 2.36. The molecule has 2 aliphatic heterocycles. The van der Waals surface area contributed by atoms with E-state index in [1.165, 1.54) is 5.69 Å².